The maximum Gasteiger partial charge on any atom is 0.231 e. The van der Waals surface area contributed by atoms with Crippen LogP contribution in [0, 0.1) is 17.8 Å². The van der Waals surface area contributed by atoms with Crippen LogP contribution in [0.5, 0.6) is 11.5 Å². The number of rotatable bonds is 9. The number of nitrogens with zero attached hydrogens (tertiary/aromatic N) is 2. The molecule has 0 radical (unpaired) electrons. The van der Waals surface area contributed by atoms with Gasteiger partial charge in [0.25, 0.3) is 0 Å². The van der Waals surface area contributed by atoms with E-state index in [1.165, 1.54) is 37.7 Å². The molecule has 2 saturated carbocycles. The van der Waals surface area contributed by atoms with Crippen molar-refractivity contribution in [3.8, 4) is 11.5 Å². The quantitative estimate of drug-likeness (QED) is 0.625. The third-order valence-electron chi connectivity index (χ3n) is 7.60. The number of aliphatic hydroxyl groups excluding tert-OH is 1. The van der Waals surface area contributed by atoms with E-state index >= 15 is 0 Å². The number of ether oxygens (including phenoxy) is 3. The molecule has 2 bridgehead atoms. The number of hydrogen-bond acceptors (Lipinski definition) is 6. The Kier molecular flexibility index (Phi) is 6.46. The Morgan fingerprint density at radius 2 is 1.87 bits per heavy atom. The standard InChI is InChI=1S/C24H36N2O4/c27-22(16-28-10-5-21-12-18-1-3-20(21)11-18)15-26-8-6-25(7-9-26)14-19-2-4-23-24(13-19)30-17-29-23/h2,4,13,18,20-22,27H,1,3,5-12,14-17H2/t18-,20-,21+,22+/m1/s1. The molecule has 4 atom stereocenters. The van der Waals surface area contributed by atoms with Gasteiger partial charge in [-0.25, -0.2) is 0 Å². The van der Waals surface area contributed by atoms with Crippen molar-refractivity contribution >= 4 is 0 Å². The van der Waals surface area contributed by atoms with Crippen molar-refractivity contribution in [2.24, 2.45) is 17.8 Å². The fourth-order valence-electron chi connectivity index (χ4n) is 5.96. The van der Waals surface area contributed by atoms with Gasteiger partial charge in [-0.1, -0.05) is 12.5 Å². The first-order valence-electron chi connectivity index (χ1n) is 11.8. The van der Waals surface area contributed by atoms with Gasteiger partial charge >= 0.3 is 0 Å². The van der Waals surface area contributed by atoms with Crippen LogP contribution in [0.25, 0.3) is 0 Å². The van der Waals surface area contributed by atoms with E-state index in [0.717, 1.165) is 68.6 Å². The van der Waals surface area contributed by atoms with Crippen molar-refractivity contribution in [2.75, 3.05) is 52.7 Å². The lowest BCUT2D eigenvalue weighted by molar-refractivity contribution is 0.00187. The smallest absolute Gasteiger partial charge is 0.231 e. The van der Waals surface area contributed by atoms with Gasteiger partial charge in [0.05, 0.1) is 12.7 Å². The van der Waals surface area contributed by atoms with Gasteiger partial charge in [0, 0.05) is 45.9 Å². The normalized spacial score (nSPS) is 29.6. The van der Waals surface area contributed by atoms with Crippen LogP contribution in [0.3, 0.4) is 0 Å². The molecule has 2 aliphatic heterocycles. The highest BCUT2D eigenvalue weighted by Gasteiger charge is 2.38. The van der Waals surface area contributed by atoms with Crippen molar-refractivity contribution < 1.29 is 19.3 Å². The Bertz CT molecular complexity index is 706. The Balaban J connectivity index is 0.960. The fourth-order valence-corrected chi connectivity index (χ4v) is 5.96. The third kappa shape index (κ3) is 4.93. The van der Waals surface area contributed by atoms with Crippen molar-refractivity contribution in [1.29, 1.82) is 0 Å². The Hall–Kier alpha value is -1.34. The van der Waals surface area contributed by atoms with Gasteiger partial charge in [0.1, 0.15) is 0 Å². The first kappa shape index (κ1) is 20.6. The molecular weight excluding hydrogens is 380 g/mol. The monoisotopic (exact) mass is 416 g/mol. The van der Waals surface area contributed by atoms with Gasteiger partial charge in [0.2, 0.25) is 6.79 Å². The van der Waals surface area contributed by atoms with E-state index in [2.05, 4.69) is 21.9 Å². The van der Waals surface area contributed by atoms with Crippen LogP contribution < -0.4 is 9.47 Å². The molecule has 5 rings (SSSR count). The first-order valence-corrected chi connectivity index (χ1v) is 11.8. The number of fused-ring (bicyclic) bond motifs is 3. The molecule has 4 aliphatic rings. The lowest BCUT2D eigenvalue weighted by Gasteiger charge is -2.35. The highest BCUT2D eigenvalue weighted by molar-refractivity contribution is 5.44. The molecule has 0 amide bonds. The number of β-amino-alcohol motifs (C(OH)–C–C–N with tert-alkyl or cyclic N) is 1. The molecule has 3 fully saturated rings. The minimum absolute atomic E-state index is 0.324. The van der Waals surface area contributed by atoms with Crippen LogP contribution in [0.4, 0.5) is 0 Å². The number of hydrogen-bond donors (Lipinski definition) is 1. The summed E-state index contributed by atoms with van der Waals surface area (Å²) in [6.45, 7) is 7.28. The van der Waals surface area contributed by atoms with Crippen molar-refractivity contribution in [1.82, 2.24) is 9.80 Å². The van der Waals surface area contributed by atoms with Gasteiger partial charge in [-0.3, -0.25) is 9.80 Å². The van der Waals surface area contributed by atoms with Crippen LogP contribution in [0.2, 0.25) is 0 Å². The van der Waals surface area contributed by atoms with Gasteiger partial charge in [-0.15, -0.1) is 0 Å². The molecule has 6 nitrogen and oxygen atoms in total. The molecule has 0 aromatic heterocycles. The molecule has 1 aromatic carbocycles. The average molecular weight is 417 g/mol. The summed E-state index contributed by atoms with van der Waals surface area (Å²) in [4.78, 5) is 4.83. The summed E-state index contributed by atoms with van der Waals surface area (Å²) in [6, 6.07) is 6.21. The van der Waals surface area contributed by atoms with E-state index < -0.39 is 0 Å². The SMILES string of the molecule is O[C@H](COCC[C@H]1C[C@@H]2CC[C@@H]1C2)CN1CCN(Cc2ccc3c(c2)OCO3)CC1. The predicted octanol–water partition coefficient (Wildman–Crippen LogP) is 2.74. The molecule has 2 aliphatic carbocycles. The molecule has 30 heavy (non-hydrogen) atoms. The van der Waals surface area contributed by atoms with Crippen molar-refractivity contribution in [3.63, 3.8) is 0 Å². The summed E-state index contributed by atoms with van der Waals surface area (Å²) < 4.78 is 16.7. The lowest BCUT2D eigenvalue weighted by atomic mass is 9.87. The van der Waals surface area contributed by atoms with E-state index in [1.807, 2.05) is 6.07 Å². The van der Waals surface area contributed by atoms with Gasteiger partial charge < -0.3 is 19.3 Å². The zero-order valence-corrected chi connectivity index (χ0v) is 18.0. The Labute approximate surface area is 180 Å². The minimum Gasteiger partial charge on any atom is -0.454 e. The zero-order valence-electron chi connectivity index (χ0n) is 18.0. The second kappa shape index (κ2) is 9.43. The highest BCUT2D eigenvalue weighted by atomic mass is 16.7. The van der Waals surface area contributed by atoms with Crippen LogP contribution in [0.15, 0.2) is 18.2 Å². The fraction of sp³-hybridized carbons (Fsp3) is 0.750. The second-order valence-electron chi connectivity index (χ2n) is 9.72. The molecule has 0 unspecified atom stereocenters. The molecular formula is C24H36N2O4. The number of benzene rings is 1. The molecule has 1 saturated heterocycles. The molecule has 6 heteroatoms. The van der Waals surface area contributed by atoms with Crippen LogP contribution >= 0.6 is 0 Å². The van der Waals surface area contributed by atoms with E-state index in [0.29, 0.717) is 19.9 Å². The van der Waals surface area contributed by atoms with E-state index in [4.69, 9.17) is 14.2 Å². The Morgan fingerprint density at radius 3 is 2.67 bits per heavy atom. The first-order chi connectivity index (χ1) is 14.7. The van der Waals surface area contributed by atoms with Crippen LogP contribution in [-0.4, -0.2) is 73.7 Å². The molecule has 1 N–H and O–H groups in total. The summed E-state index contributed by atoms with van der Waals surface area (Å²) in [7, 11) is 0. The minimum atomic E-state index is -0.384. The van der Waals surface area contributed by atoms with Crippen molar-refractivity contribution in [2.45, 2.75) is 44.8 Å². The van der Waals surface area contributed by atoms with Gasteiger partial charge in [-0.05, 0) is 61.1 Å². The predicted molar refractivity (Wildman–Crippen MR) is 115 cm³/mol. The summed E-state index contributed by atoms with van der Waals surface area (Å²) in [5.74, 6) is 4.57. The topological polar surface area (TPSA) is 54.4 Å². The molecule has 0 spiro atoms. The van der Waals surface area contributed by atoms with Crippen LogP contribution in [-0.2, 0) is 11.3 Å². The second-order valence-corrected chi connectivity index (χ2v) is 9.72. The Morgan fingerprint density at radius 1 is 1.03 bits per heavy atom. The van der Waals surface area contributed by atoms with Gasteiger partial charge in [0.15, 0.2) is 11.5 Å². The highest BCUT2D eigenvalue weighted by Crippen LogP contribution is 2.49. The van der Waals surface area contributed by atoms with Gasteiger partial charge in [-0.2, -0.15) is 0 Å². The largest absolute Gasteiger partial charge is 0.454 e. The lowest BCUT2D eigenvalue weighted by Crippen LogP contribution is -2.48. The average Bonchev–Trinajstić information content (AvgIpc) is 3.49. The molecule has 1 aromatic rings. The van der Waals surface area contributed by atoms with E-state index in [-0.39, 0.29) is 6.10 Å². The summed E-state index contributed by atoms with van der Waals surface area (Å²) in [5, 5.41) is 10.4. The number of piperazine rings is 1. The third-order valence-corrected chi connectivity index (χ3v) is 7.60. The van der Waals surface area contributed by atoms with E-state index in [9.17, 15) is 5.11 Å². The summed E-state index contributed by atoms with van der Waals surface area (Å²) in [5.41, 5.74) is 1.26. The van der Waals surface area contributed by atoms with Crippen LogP contribution in [0.1, 0.15) is 37.7 Å². The number of aliphatic hydroxyl groups is 1. The summed E-state index contributed by atoms with van der Waals surface area (Å²) >= 11 is 0. The maximum absolute atomic E-state index is 10.4. The zero-order chi connectivity index (χ0) is 20.3. The molecule has 2 heterocycles. The summed E-state index contributed by atoms with van der Waals surface area (Å²) in [6.07, 6.45) is 6.60. The van der Waals surface area contributed by atoms with Crippen molar-refractivity contribution in [3.05, 3.63) is 23.8 Å². The van der Waals surface area contributed by atoms with E-state index in [1.54, 1.807) is 0 Å². The molecule has 166 valence electrons. The maximum atomic E-state index is 10.4.